The maximum Gasteiger partial charge on any atom is 0.305 e. The standard InChI is InChI=1S/C11H20N4O4S/c1-2-12-5-3-6-14-20(18,19)10-8-13-15(9-10)7-4-11(16)17/h8-9,12,14H,2-7H2,1H3,(H,16,17). The Morgan fingerprint density at radius 2 is 2.20 bits per heavy atom. The summed E-state index contributed by atoms with van der Waals surface area (Å²) in [5, 5.41) is 15.5. The van der Waals surface area contributed by atoms with Gasteiger partial charge < -0.3 is 10.4 Å². The van der Waals surface area contributed by atoms with Gasteiger partial charge in [0.2, 0.25) is 10.0 Å². The van der Waals surface area contributed by atoms with E-state index in [4.69, 9.17) is 5.11 Å². The Labute approximate surface area is 118 Å². The summed E-state index contributed by atoms with van der Waals surface area (Å²) < 4.78 is 27.6. The quantitative estimate of drug-likeness (QED) is 0.509. The van der Waals surface area contributed by atoms with Crippen LogP contribution in [0.2, 0.25) is 0 Å². The van der Waals surface area contributed by atoms with Crippen molar-refractivity contribution in [2.24, 2.45) is 0 Å². The molecule has 9 heteroatoms. The number of carboxylic acid groups (broad SMARTS) is 1. The van der Waals surface area contributed by atoms with Gasteiger partial charge in [-0.3, -0.25) is 9.48 Å². The molecular weight excluding hydrogens is 284 g/mol. The Kier molecular flexibility index (Phi) is 6.62. The Balaban J connectivity index is 2.48. The van der Waals surface area contributed by atoms with Gasteiger partial charge in [0.25, 0.3) is 0 Å². The van der Waals surface area contributed by atoms with E-state index in [1.54, 1.807) is 0 Å². The summed E-state index contributed by atoms with van der Waals surface area (Å²) in [5.41, 5.74) is 0. The zero-order valence-electron chi connectivity index (χ0n) is 11.4. The first-order chi connectivity index (χ1) is 9.45. The van der Waals surface area contributed by atoms with Gasteiger partial charge in [-0.25, -0.2) is 13.1 Å². The molecule has 0 unspecified atom stereocenters. The second-order valence-electron chi connectivity index (χ2n) is 4.19. The first-order valence-electron chi connectivity index (χ1n) is 6.40. The highest BCUT2D eigenvalue weighted by atomic mass is 32.2. The van der Waals surface area contributed by atoms with Crippen LogP contribution in [-0.4, -0.2) is 48.9 Å². The number of nitrogens with one attached hydrogen (secondary N) is 2. The van der Waals surface area contributed by atoms with E-state index in [1.165, 1.54) is 17.1 Å². The molecule has 114 valence electrons. The van der Waals surface area contributed by atoms with E-state index in [0.717, 1.165) is 13.1 Å². The van der Waals surface area contributed by atoms with Crippen LogP contribution in [0.1, 0.15) is 19.8 Å². The fourth-order valence-electron chi connectivity index (χ4n) is 1.50. The van der Waals surface area contributed by atoms with E-state index in [2.05, 4.69) is 15.1 Å². The highest BCUT2D eigenvalue weighted by molar-refractivity contribution is 7.89. The molecule has 1 aromatic rings. The predicted molar refractivity (Wildman–Crippen MR) is 72.8 cm³/mol. The van der Waals surface area contributed by atoms with Gasteiger partial charge in [0, 0.05) is 12.7 Å². The Morgan fingerprint density at radius 1 is 1.45 bits per heavy atom. The molecule has 0 atom stereocenters. The fraction of sp³-hybridized carbons (Fsp3) is 0.636. The summed E-state index contributed by atoms with van der Waals surface area (Å²) in [4.78, 5) is 10.5. The number of hydrogen-bond acceptors (Lipinski definition) is 5. The number of carbonyl (C=O) groups is 1. The molecular formula is C11H20N4O4S. The van der Waals surface area contributed by atoms with Crippen molar-refractivity contribution in [2.75, 3.05) is 19.6 Å². The molecule has 1 aromatic heterocycles. The molecule has 0 aromatic carbocycles. The van der Waals surface area contributed by atoms with E-state index < -0.39 is 16.0 Å². The highest BCUT2D eigenvalue weighted by Gasteiger charge is 2.15. The maximum atomic E-state index is 11.9. The van der Waals surface area contributed by atoms with Gasteiger partial charge in [0.1, 0.15) is 4.90 Å². The zero-order valence-corrected chi connectivity index (χ0v) is 12.2. The summed E-state index contributed by atoms with van der Waals surface area (Å²) in [5.74, 6) is -0.952. The third-order valence-electron chi connectivity index (χ3n) is 2.55. The van der Waals surface area contributed by atoms with Crippen LogP contribution in [0.4, 0.5) is 0 Å². The Morgan fingerprint density at radius 3 is 2.85 bits per heavy atom. The molecule has 0 saturated carbocycles. The van der Waals surface area contributed by atoms with E-state index in [9.17, 15) is 13.2 Å². The molecule has 0 saturated heterocycles. The summed E-state index contributed by atoms with van der Waals surface area (Å²) in [6.07, 6.45) is 3.14. The molecule has 20 heavy (non-hydrogen) atoms. The van der Waals surface area contributed by atoms with E-state index >= 15 is 0 Å². The summed E-state index contributed by atoms with van der Waals surface area (Å²) in [6, 6.07) is 0. The number of sulfonamides is 1. The number of carboxylic acids is 1. The van der Waals surface area contributed by atoms with Crippen LogP contribution in [0.5, 0.6) is 0 Å². The van der Waals surface area contributed by atoms with Crippen molar-refractivity contribution in [1.82, 2.24) is 19.8 Å². The molecule has 0 bridgehead atoms. The van der Waals surface area contributed by atoms with Crippen molar-refractivity contribution in [3.8, 4) is 0 Å². The number of aliphatic carboxylic acids is 1. The molecule has 0 aliphatic rings. The van der Waals surface area contributed by atoms with E-state index in [1.807, 2.05) is 6.92 Å². The van der Waals surface area contributed by atoms with Gasteiger partial charge in [-0.1, -0.05) is 6.92 Å². The number of rotatable bonds is 10. The van der Waals surface area contributed by atoms with Crippen LogP contribution >= 0.6 is 0 Å². The Bertz CT molecular complexity index is 526. The van der Waals surface area contributed by atoms with Gasteiger partial charge in [-0.2, -0.15) is 5.10 Å². The zero-order chi connectivity index (χ0) is 15.0. The first kappa shape index (κ1) is 16.6. The van der Waals surface area contributed by atoms with Gasteiger partial charge in [-0.15, -0.1) is 0 Å². The molecule has 0 spiro atoms. The minimum absolute atomic E-state index is 0.0475. The van der Waals surface area contributed by atoms with Gasteiger partial charge in [0.15, 0.2) is 0 Å². The van der Waals surface area contributed by atoms with Crippen molar-refractivity contribution in [2.45, 2.75) is 31.2 Å². The van der Waals surface area contributed by atoms with Crippen LogP contribution < -0.4 is 10.0 Å². The number of nitrogens with zero attached hydrogens (tertiary/aromatic N) is 2. The maximum absolute atomic E-state index is 11.9. The molecule has 0 aliphatic carbocycles. The normalized spacial score (nSPS) is 11.7. The number of aromatic nitrogens is 2. The van der Waals surface area contributed by atoms with Gasteiger partial charge in [0.05, 0.1) is 19.2 Å². The summed E-state index contributed by atoms with van der Waals surface area (Å²) in [6.45, 7) is 4.07. The molecule has 0 aliphatic heterocycles. The third-order valence-corrected chi connectivity index (χ3v) is 3.96. The lowest BCUT2D eigenvalue weighted by Gasteiger charge is -2.04. The van der Waals surface area contributed by atoms with Crippen molar-refractivity contribution in [3.05, 3.63) is 12.4 Å². The van der Waals surface area contributed by atoms with Crippen LogP contribution in [-0.2, 0) is 21.4 Å². The van der Waals surface area contributed by atoms with Crippen LogP contribution in [0, 0.1) is 0 Å². The average Bonchev–Trinajstić information content (AvgIpc) is 2.85. The lowest BCUT2D eigenvalue weighted by atomic mass is 10.4. The molecule has 0 radical (unpaired) electrons. The number of aryl methyl sites for hydroxylation is 1. The van der Waals surface area contributed by atoms with E-state index in [0.29, 0.717) is 13.0 Å². The molecule has 0 amide bonds. The minimum Gasteiger partial charge on any atom is -0.481 e. The topological polar surface area (TPSA) is 113 Å². The number of hydrogen-bond donors (Lipinski definition) is 3. The van der Waals surface area contributed by atoms with Gasteiger partial charge >= 0.3 is 5.97 Å². The SMILES string of the molecule is CCNCCCNS(=O)(=O)c1cnn(CCC(=O)O)c1. The van der Waals surface area contributed by atoms with Crippen molar-refractivity contribution >= 4 is 16.0 Å². The second-order valence-corrected chi connectivity index (χ2v) is 5.95. The lowest BCUT2D eigenvalue weighted by molar-refractivity contribution is -0.137. The molecule has 8 nitrogen and oxygen atoms in total. The van der Waals surface area contributed by atoms with E-state index in [-0.39, 0.29) is 17.9 Å². The Hall–Kier alpha value is -1.45. The highest BCUT2D eigenvalue weighted by Crippen LogP contribution is 2.07. The minimum atomic E-state index is -3.57. The summed E-state index contributed by atoms with van der Waals surface area (Å²) >= 11 is 0. The van der Waals surface area contributed by atoms with Crippen LogP contribution in [0.25, 0.3) is 0 Å². The van der Waals surface area contributed by atoms with Crippen molar-refractivity contribution in [1.29, 1.82) is 0 Å². The van der Waals surface area contributed by atoms with Crippen molar-refractivity contribution < 1.29 is 18.3 Å². The van der Waals surface area contributed by atoms with Crippen LogP contribution in [0.15, 0.2) is 17.3 Å². The lowest BCUT2D eigenvalue weighted by Crippen LogP contribution is -2.27. The van der Waals surface area contributed by atoms with Crippen LogP contribution in [0.3, 0.4) is 0 Å². The second kappa shape index (κ2) is 7.98. The first-order valence-corrected chi connectivity index (χ1v) is 7.88. The average molecular weight is 304 g/mol. The van der Waals surface area contributed by atoms with Crippen molar-refractivity contribution in [3.63, 3.8) is 0 Å². The molecule has 3 N–H and O–H groups in total. The largest absolute Gasteiger partial charge is 0.481 e. The van der Waals surface area contributed by atoms with Gasteiger partial charge in [-0.05, 0) is 19.5 Å². The monoisotopic (exact) mass is 304 g/mol. The predicted octanol–water partition coefficient (Wildman–Crippen LogP) is -0.364. The molecule has 1 heterocycles. The molecule has 0 fully saturated rings. The summed E-state index contributed by atoms with van der Waals surface area (Å²) in [7, 11) is -3.57. The fourth-order valence-corrected chi connectivity index (χ4v) is 2.52. The third kappa shape index (κ3) is 5.68. The smallest absolute Gasteiger partial charge is 0.305 e. The molecule has 1 rings (SSSR count).